The molecule has 0 bridgehead atoms. The van der Waals surface area contributed by atoms with Gasteiger partial charge in [0.15, 0.2) is 40.7 Å². The molecule has 0 unspecified atom stereocenters. The van der Waals surface area contributed by atoms with Crippen LogP contribution in [0.15, 0.2) is 36.4 Å². The average molecular weight is 398 g/mol. The molecule has 0 heterocycles. The Hall–Kier alpha value is -3.16. The summed E-state index contributed by atoms with van der Waals surface area (Å²) in [6, 6.07) is 5.15. The lowest BCUT2D eigenvalue weighted by Crippen LogP contribution is -2.01. The molecule has 0 aliphatic heterocycles. The summed E-state index contributed by atoms with van der Waals surface area (Å²) in [7, 11) is 0. The van der Waals surface area contributed by atoms with Gasteiger partial charge in [-0.2, -0.15) is 0 Å². The van der Waals surface area contributed by atoms with E-state index in [-0.39, 0.29) is 5.39 Å². The van der Waals surface area contributed by atoms with Gasteiger partial charge >= 0.3 is 0 Å². The minimum atomic E-state index is -2.18. The fourth-order valence-corrected chi connectivity index (χ4v) is 3.22. The van der Waals surface area contributed by atoms with Gasteiger partial charge in [0.05, 0.1) is 0 Å². The smallest absolute Gasteiger partial charge is 0.198 e. The van der Waals surface area contributed by atoms with Crippen molar-refractivity contribution in [3.05, 3.63) is 82.9 Å². The van der Waals surface area contributed by atoms with Gasteiger partial charge in [0.25, 0.3) is 0 Å². The van der Waals surface area contributed by atoms with Crippen LogP contribution in [0.5, 0.6) is 0 Å². The second-order valence-electron chi connectivity index (χ2n) is 6.02. The van der Waals surface area contributed by atoms with Crippen molar-refractivity contribution in [2.24, 2.45) is 0 Å². The fourth-order valence-electron chi connectivity index (χ4n) is 3.22. The number of halogens is 8. The predicted octanol–water partition coefficient (Wildman–Crippen LogP) is 6.77. The van der Waals surface area contributed by atoms with Crippen LogP contribution in [0.25, 0.3) is 32.7 Å². The summed E-state index contributed by atoms with van der Waals surface area (Å²) in [4.78, 5) is 0. The highest BCUT2D eigenvalue weighted by atomic mass is 19.2. The van der Waals surface area contributed by atoms with E-state index < -0.39 is 73.8 Å². The number of hydrogen-bond donors (Lipinski definition) is 0. The van der Waals surface area contributed by atoms with Gasteiger partial charge in [-0.3, -0.25) is 0 Å². The first-order chi connectivity index (χ1) is 13.2. The van der Waals surface area contributed by atoms with Crippen LogP contribution >= 0.6 is 0 Å². The maximum atomic E-state index is 14.6. The zero-order valence-electron chi connectivity index (χ0n) is 13.5. The maximum absolute atomic E-state index is 14.6. The molecule has 4 aromatic carbocycles. The molecule has 0 aliphatic rings. The van der Waals surface area contributed by atoms with Crippen LogP contribution in [-0.4, -0.2) is 0 Å². The Morgan fingerprint density at radius 2 is 1.11 bits per heavy atom. The Morgan fingerprint density at radius 1 is 0.500 bits per heavy atom. The molecule has 0 nitrogen and oxygen atoms in total. The topological polar surface area (TPSA) is 0 Å². The Balaban J connectivity index is 2.34. The van der Waals surface area contributed by atoms with E-state index in [4.69, 9.17) is 0 Å². The minimum absolute atomic E-state index is 0.0723. The lowest BCUT2D eigenvalue weighted by atomic mass is 9.90. The minimum Gasteiger partial charge on any atom is -0.206 e. The lowest BCUT2D eigenvalue weighted by molar-refractivity contribution is 0.418. The summed E-state index contributed by atoms with van der Waals surface area (Å²) < 4.78 is 112. The van der Waals surface area contributed by atoms with Crippen LogP contribution in [0.4, 0.5) is 35.1 Å². The Bertz CT molecular complexity index is 1270. The zero-order valence-corrected chi connectivity index (χ0v) is 13.5. The molecule has 0 saturated heterocycles. The van der Waals surface area contributed by atoms with Gasteiger partial charge in [0.2, 0.25) is 0 Å². The SMILES string of the molecule is Fc1cc(-c2c3c(F)cccc3cc3c(F)c(F)c(F)c(F)c23)cc(F)c1F. The highest BCUT2D eigenvalue weighted by molar-refractivity contribution is 6.13. The summed E-state index contributed by atoms with van der Waals surface area (Å²) in [5.41, 5.74) is -1.22. The van der Waals surface area contributed by atoms with E-state index in [2.05, 4.69) is 0 Å². The Kier molecular flexibility index (Phi) is 4.02. The maximum Gasteiger partial charge on any atom is 0.198 e. The molecule has 0 spiro atoms. The predicted molar refractivity (Wildman–Crippen MR) is 86.6 cm³/mol. The molecule has 0 N–H and O–H groups in total. The summed E-state index contributed by atoms with van der Waals surface area (Å²) in [6.07, 6.45) is 0. The first-order valence-corrected chi connectivity index (χ1v) is 7.74. The number of benzene rings is 4. The van der Waals surface area contributed by atoms with Crippen molar-refractivity contribution in [2.75, 3.05) is 0 Å². The summed E-state index contributed by atoms with van der Waals surface area (Å²) in [5, 5.41) is -2.20. The lowest BCUT2D eigenvalue weighted by Gasteiger charge is -2.15. The van der Waals surface area contributed by atoms with Crippen LogP contribution in [-0.2, 0) is 0 Å². The Labute approximate surface area is 151 Å². The highest BCUT2D eigenvalue weighted by Gasteiger charge is 2.26. The van der Waals surface area contributed by atoms with Gasteiger partial charge in [0.1, 0.15) is 5.82 Å². The molecule has 142 valence electrons. The number of fused-ring (bicyclic) bond motifs is 2. The molecule has 28 heavy (non-hydrogen) atoms. The van der Waals surface area contributed by atoms with Crippen molar-refractivity contribution in [3.8, 4) is 11.1 Å². The quantitative estimate of drug-likeness (QED) is 0.144. The zero-order chi connectivity index (χ0) is 20.3. The molecule has 0 atom stereocenters. The third-order valence-electron chi connectivity index (χ3n) is 4.42. The third kappa shape index (κ3) is 2.44. The first-order valence-electron chi connectivity index (χ1n) is 7.74. The van der Waals surface area contributed by atoms with Crippen LogP contribution < -0.4 is 0 Å². The molecule has 0 aromatic heterocycles. The molecular formula is C20H6F8. The molecule has 4 rings (SSSR count). The summed E-state index contributed by atoms with van der Waals surface area (Å²) in [6.45, 7) is 0. The molecular weight excluding hydrogens is 392 g/mol. The van der Waals surface area contributed by atoms with Crippen molar-refractivity contribution in [1.29, 1.82) is 0 Å². The van der Waals surface area contributed by atoms with Gasteiger partial charge < -0.3 is 0 Å². The molecule has 0 fully saturated rings. The van der Waals surface area contributed by atoms with E-state index in [1.165, 1.54) is 12.1 Å². The monoisotopic (exact) mass is 398 g/mol. The van der Waals surface area contributed by atoms with Crippen LogP contribution in [0.1, 0.15) is 0 Å². The van der Waals surface area contributed by atoms with Crippen molar-refractivity contribution in [2.45, 2.75) is 0 Å². The number of hydrogen-bond acceptors (Lipinski definition) is 0. The summed E-state index contributed by atoms with van der Waals surface area (Å²) in [5.74, 6) is -14.1. The van der Waals surface area contributed by atoms with Gasteiger partial charge in [0, 0.05) is 21.7 Å². The second-order valence-corrected chi connectivity index (χ2v) is 6.02. The molecule has 0 saturated carbocycles. The van der Waals surface area contributed by atoms with E-state index in [0.29, 0.717) is 12.1 Å². The normalized spacial score (nSPS) is 11.6. The van der Waals surface area contributed by atoms with Gasteiger partial charge in [-0.25, -0.2) is 35.1 Å². The van der Waals surface area contributed by atoms with Gasteiger partial charge in [-0.15, -0.1) is 0 Å². The number of rotatable bonds is 1. The van der Waals surface area contributed by atoms with Crippen LogP contribution in [0.3, 0.4) is 0 Å². The van der Waals surface area contributed by atoms with E-state index >= 15 is 0 Å². The molecule has 0 aliphatic carbocycles. The fraction of sp³-hybridized carbons (Fsp3) is 0. The molecule has 4 aromatic rings. The van der Waals surface area contributed by atoms with E-state index in [0.717, 1.165) is 12.1 Å². The Morgan fingerprint density at radius 3 is 1.75 bits per heavy atom. The van der Waals surface area contributed by atoms with Crippen LogP contribution in [0, 0.1) is 46.5 Å². The molecule has 8 heteroatoms. The molecule has 0 radical (unpaired) electrons. The van der Waals surface area contributed by atoms with Gasteiger partial charge in [-0.05, 0) is 35.2 Å². The van der Waals surface area contributed by atoms with Gasteiger partial charge in [-0.1, -0.05) is 12.1 Å². The van der Waals surface area contributed by atoms with E-state index in [1.54, 1.807) is 0 Å². The largest absolute Gasteiger partial charge is 0.206 e. The standard InChI is InChI=1S/C20H6F8/c21-10-3-1-2-7-4-9-15(18(26)20(28)19(27)16(9)24)14(13(7)10)8-5-11(22)17(25)12(23)6-8/h1-6H. The first kappa shape index (κ1) is 18.2. The van der Waals surface area contributed by atoms with Crippen molar-refractivity contribution in [1.82, 2.24) is 0 Å². The van der Waals surface area contributed by atoms with E-state index in [9.17, 15) is 35.1 Å². The van der Waals surface area contributed by atoms with Crippen molar-refractivity contribution in [3.63, 3.8) is 0 Å². The second kappa shape index (κ2) is 6.19. The van der Waals surface area contributed by atoms with E-state index in [1.807, 2.05) is 0 Å². The molecule has 0 amide bonds. The highest BCUT2D eigenvalue weighted by Crippen LogP contribution is 2.41. The van der Waals surface area contributed by atoms with Crippen LogP contribution in [0.2, 0.25) is 0 Å². The van der Waals surface area contributed by atoms with Crippen molar-refractivity contribution >= 4 is 21.5 Å². The average Bonchev–Trinajstić information content (AvgIpc) is 2.67. The van der Waals surface area contributed by atoms with Crippen molar-refractivity contribution < 1.29 is 35.1 Å². The third-order valence-corrected chi connectivity index (χ3v) is 4.42. The summed E-state index contributed by atoms with van der Waals surface area (Å²) >= 11 is 0.